The molecule has 5 rings (SSSR count). The van der Waals surface area contributed by atoms with Gasteiger partial charge in [-0.05, 0) is 30.5 Å². The molecule has 4 amide bonds. The lowest BCUT2D eigenvalue weighted by atomic mass is 9.86. The summed E-state index contributed by atoms with van der Waals surface area (Å²) < 4.78 is 0. The zero-order valence-corrected chi connectivity index (χ0v) is 18.3. The summed E-state index contributed by atoms with van der Waals surface area (Å²) in [5.74, 6) is -3.86. The van der Waals surface area contributed by atoms with Crippen LogP contribution in [0.4, 0.5) is 5.69 Å². The second-order valence-corrected chi connectivity index (χ2v) is 9.18. The van der Waals surface area contributed by atoms with E-state index in [1.54, 1.807) is 30.3 Å². The molecule has 2 aliphatic heterocycles. The molecule has 170 valence electrons. The van der Waals surface area contributed by atoms with E-state index in [1.165, 1.54) is 4.90 Å². The van der Waals surface area contributed by atoms with Gasteiger partial charge in [-0.3, -0.25) is 19.2 Å². The van der Waals surface area contributed by atoms with Crippen LogP contribution in [0.2, 0.25) is 0 Å². The van der Waals surface area contributed by atoms with Crippen molar-refractivity contribution in [1.29, 1.82) is 0 Å². The van der Waals surface area contributed by atoms with Gasteiger partial charge in [0.05, 0.1) is 23.6 Å². The summed E-state index contributed by atoms with van der Waals surface area (Å²) in [6.45, 7) is 0. The zero-order valence-electron chi connectivity index (χ0n) is 18.3. The largest absolute Gasteiger partial charge is 0.368 e. The van der Waals surface area contributed by atoms with Gasteiger partial charge in [-0.15, -0.1) is 0 Å². The van der Waals surface area contributed by atoms with Crippen LogP contribution in [0.15, 0.2) is 60.7 Å². The predicted octanol–water partition coefficient (Wildman–Crippen LogP) is 2.81. The predicted molar refractivity (Wildman–Crippen MR) is 122 cm³/mol. The fourth-order valence-electron chi connectivity index (χ4n) is 5.89. The highest BCUT2D eigenvalue weighted by molar-refractivity contribution is 6.24. The lowest BCUT2D eigenvalue weighted by molar-refractivity contribution is -0.145. The summed E-state index contributed by atoms with van der Waals surface area (Å²) >= 11 is 0. The third kappa shape index (κ3) is 3.43. The number of nitrogens with zero attached hydrogens (tertiary/aromatic N) is 2. The molecule has 4 atom stereocenters. The molecule has 2 N–H and O–H groups in total. The number of para-hydroxylation sites is 1. The summed E-state index contributed by atoms with van der Waals surface area (Å²) in [6, 6.07) is 16.0. The number of imide groups is 1. The average molecular weight is 446 g/mol. The van der Waals surface area contributed by atoms with Gasteiger partial charge in [0.2, 0.25) is 23.6 Å². The number of rotatable bonds is 4. The number of likely N-dealkylation sites (tertiary alicyclic amines) is 1. The zero-order chi connectivity index (χ0) is 23.1. The Hall–Kier alpha value is -3.48. The molecule has 33 heavy (non-hydrogen) atoms. The molecular formula is C26H27N3O4. The number of hydrogen-bond acceptors (Lipinski definition) is 4. The van der Waals surface area contributed by atoms with Gasteiger partial charge in [0.25, 0.3) is 0 Å². The summed E-state index contributed by atoms with van der Waals surface area (Å²) in [4.78, 5) is 56.5. The van der Waals surface area contributed by atoms with E-state index in [9.17, 15) is 19.2 Å². The van der Waals surface area contributed by atoms with Crippen molar-refractivity contribution in [3.63, 3.8) is 0 Å². The third-order valence-electron chi connectivity index (χ3n) is 7.33. The van der Waals surface area contributed by atoms with Crippen molar-refractivity contribution in [2.45, 2.75) is 44.2 Å². The molecule has 3 aliphatic rings. The second kappa shape index (κ2) is 8.46. The highest BCUT2D eigenvalue weighted by Gasteiger charge is 2.65. The average Bonchev–Trinajstić information content (AvgIpc) is 3.33. The fraction of sp³-hybridized carbons (Fsp3) is 0.385. The topological polar surface area (TPSA) is 101 Å². The van der Waals surface area contributed by atoms with E-state index in [2.05, 4.69) is 0 Å². The number of carbonyl (C=O) groups excluding carboxylic acids is 4. The highest BCUT2D eigenvalue weighted by Crippen LogP contribution is 2.51. The first-order chi connectivity index (χ1) is 16.0. The molecule has 0 aromatic heterocycles. The molecule has 1 saturated carbocycles. The monoisotopic (exact) mass is 445 g/mol. The maximum absolute atomic E-state index is 13.8. The van der Waals surface area contributed by atoms with Gasteiger partial charge in [-0.1, -0.05) is 67.8 Å². The van der Waals surface area contributed by atoms with Crippen molar-refractivity contribution < 1.29 is 19.2 Å². The smallest absolute Gasteiger partial charge is 0.241 e. The van der Waals surface area contributed by atoms with Crippen LogP contribution in [0.1, 0.15) is 43.7 Å². The lowest BCUT2D eigenvalue weighted by Crippen LogP contribution is -2.52. The summed E-state index contributed by atoms with van der Waals surface area (Å²) in [7, 11) is 0. The van der Waals surface area contributed by atoms with Crippen LogP contribution in [0, 0.1) is 17.8 Å². The van der Waals surface area contributed by atoms with Gasteiger partial charge in [-0.25, -0.2) is 4.90 Å². The van der Waals surface area contributed by atoms with Gasteiger partial charge in [0.1, 0.15) is 6.04 Å². The molecule has 2 aromatic rings. The van der Waals surface area contributed by atoms with Crippen LogP contribution < -0.4 is 10.6 Å². The third-order valence-corrected chi connectivity index (χ3v) is 7.33. The Balaban J connectivity index is 1.62. The highest BCUT2D eigenvalue weighted by atomic mass is 16.2. The summed E-state index contributed by atoms with van der Waals surface area (Å²) in [5, 5.41) is 0. The first-order valence-corrected chi connectivity index (χ1v) is 11.6. The first kappa shape index (κ1) is 21.4. The Morgan fingerprint density at radius 1 is 0.788 bits per heavy atom. The molecule has 7 nitrogen and oxygen atoms in total. The van der Waals surface area contributed by atoms with Crippen LogP contribution in [0.3, 0.4) is 0 Å². The standard InChI is InChI=1S/C26H27N3O4/c27-23(30)22-20-19(25(32)28(26(20)33)18-14-8-3-9-15-18)21(16-10-4-1-5-11-16)29(22)24(31)17-12-6-2-7-13-17/h1,3-5,8-11,14-15,17,19-22H,2,6-7,12-13H2,(H2,27,30). The number of amides is 4. The van der Waals surface area contributed by atoms with Crippen molar-refractivity contribution in [2.24, 2.45) is 23.5 Å². The van der Waals surface area contributed by atoms with Crippen molar-refractivity contribution in [3.05, 3.63) is 66.2 Å². The van der Waals surface area contributed by atoms with Gasteiger partial charge in [0.15, 0.2) is 0 Å². The Labute approximate surface area is 192 Å². The fourth-order valence-corrected chi connectivity index (χ4v) is 5.89. The molecule has 0 radical (unpaired) electrons. The molecule has 3 fully saturated rings. The van der Waals surface area contributed by atoms with Gasteiger partial charge in [-0.2, -0.15) is 0 Å². The Morgan fingerprint density at radius 3 is 1.97 bits per heavy atom. The molecule has 7 heteroatoms. The van der Waals surface area contributed by atoms with Crippen LogP contribution in [0.5, 0.6) is 0 Å². The van der Waals surface area contributed by atoms with Gasteiger partial charge < -0.3 is 10.6 Å². The number of primary amides is 1. The molecule has 2 aromatic carbocycles. The first-order valence-electron chi connectivity index (χ1n) is 11.6. The molecule has 4 unspecified atom stereocenters. The number of fused-ring (bicyclic) bond motifs is 1. The van der Waals surface area contributed by atoms with Crippen molar-refractivity contribution in [1.82, 2.24) is 4.90 Å². The number of anilines is 1. The van der Waals surface area contributed by atoms with Crippen LogP contribution in [0.25, 0.3) is 0 Å². The molecule has 0 spiro atoms. The number of nitrogens with two attached hydrogens (primary N) is 1. The number of benzene rings is 2. The van der Waals surface area contributed by atoms with E-state index in [4.69, 9.17) is 5.73 Å². The SMILES string of the molecule is NC(=O)C1C2C(=O)N(c3ccccc3)C(=O)C2C(c2ccccc2)N1C(=O)C1CCCCC1. The van der Waals surface area contributed by atoms with Crippen molar-refractivity contribution in [2.75, 3.05) is 4.90 Å². The normalized spacial score (nSPS) is 27.6. The summed E-state index contributed by atoms with van der Waals surface area (Å²) in [6.07, 6.45) is 4.48. The van der Waals surface area contributed by atoms with E-state index in [0.717, 1.165) is 42.6 Å². The van der Waals surface area contributed by atoms with Crippen LogP contribution >= 0.6 is 0 Å². The molecule has 1 aliphatic carbocycles. The Bertz CT molecular complexity index is 1080. The maximum Gasteiger partial charge on any atom is 0.241 e. The van der Waals surface area contributed by atoms with Crippen LogP contribution in [-0.2, 0) is 19.2 Å². The van der Waals surface area contributed by atoms with Crippen molar-refractivity contribution in [3.8, 4) is 0 Å². The van der Waals surface area contributed by atoms with E-state index in [0.29, 0.717) is 5.69 Å². The van der Waals surface area contributed by atoms with E-state index < -0.39 is 41.6 Å². The van der Waals surface area contributed by atoms with Gasteiger partial charge in [0, 0.05) is 5.92 Å². The minimum Gasteiger partial charge on any atom is -0.368 e. The second-order valence-electron chi connectivity index (χ2n) is 9.18. The van der Waals surface area contributed by atoms with Gasteiger partial charge >= 0.3 is 0 Å². The lowest BCUT2D eigenvalue weighted by Gasteiger charge is -2.36. The minimum absolute atomic E-state index is 0.173. The molecule has 2 heterocycles. The number of hydrogen-bond donors (Lipinski definition) is 1. The maximum atomic E-state index is 13.8. The van der Waals surface area contributed by atoms with Crippen LogP contribution in [-0.4, -0.2) is 34.6 Å². The van der Waals surface area contributed by atoms with E-state index >= 15 is 0 Å². The Morgan fingerprint density at radius 2 is 1.36 bits per heavy atom. The molecular weight excluding hydrogens is 418 g/mol. The summed E-state index contributed by atoms with van der Waals surface area (Å²) in [5.41, 5.74) is 7.02. The van der Waals surface area contributed by atoms with E-state index in [1.807, 2.05) is 30.3 Å². The molecule has 2 saturated heterocycles. The minimum atomic E-state index is -1.15. The van der Waals surface area contributed by atoms with E-state index in [-0.39, 0.29) is 11.8 Å². The Kier molecular flexibility index (Phi) is 5.48. The molecule has 0 bridgehead atoms. The quantitative estimate of drug-likeness (QED) is 0.732. The number of carbonyl (C=O) groups is 4. The van der Waals surface area contributed by atoms with Crippen molar-refractivity contribution >= 4 is 29.3 Å².